The summed E-state index contributed by atoms with van der Waals surface area (Å²) in [5.74, 6) is 0. The van der Waals surface area contributed by atoms with Crippen LogP contribution in [0.4, 0.5) is 0 Å². The van der Waals surface area contributed by atoms with Crippen molar-refractivity contribution in [2.24, 2.45) is 5.10 Å². The van der Waals surface area contributed by atoms with Crippen LogP contribution in [0.2, 0.25) is 0 Å². The van der Waals surface area contributed by atoms with E-state index in [0.717, 1.165) is 0 Å². The Morgan fingerprint density at radius 2 is 2.62 bits per heavy atom. The molecule has 0 amide bonds. The van der Waals surface area contributed by atoms with E-state index in [9.17, 15) is 0 Å². The Morgan fingerprint density at radius 3 is 3.00 bits per heavy atom. The molecule has 1 heterocycles. The third kappa shape index (κ3) is 1.31. The van der Waals surface area contributed by atoms with E-state index in [1.54, 1.807) is 16.8 Å². The van der Waals surface area contributed by atoms with Crippen LogP contribution in [0, 0.1) is 0 Å². The maximum absolute atomic E-state index is 4.60. The summed E-state index contributed by atoms with van der Waals surface area (Å²) in [5, 5.41) is 7.36. The monoisotopic (exact) mass is 144 g/mol. The molecule has 0 atom stereocenters. The second-order valence-corrected chi connectivity index (χ2v) is 2.09. The third-order valence-electron chi connectivity index (χ3n) is 0.641. The van der Waals surface area contributed by atoms with Crippen LogP contribution in [-0.4, -0.2) is 16.0 Å². The van der Waals surface area contributed by atoms with Crippen molar-refractivity contribution in [2.75, 3.05) is 0 Å². The Hall–Kier alpha value is -0.350. The van der Waals surface area contributed by atoms with Crippen LogP contribution in [0.3, 0.4) is 0 Å². The molecule has 0 radical (unpaired) electrons. The highest BCUT2D eigenvalue weighted by atomic mass is 32.2. The molecule has 0 aromatic carbocycles. The van der Waals surface area contributed by atoms with Crippen molar-refractivity contribution in [3.8, 4) is 0 Å². The number of thioether (sulfide) groups is 1. The van der Waals surface area contributed by atoms with Crippen molar-refractivity contribution in [3.05, 3.63) is 11.6 Å². The molecular formula is C4H4N2S2. The van der Waals surface area contributed by atoms with Gasteiger partial charge in [0.25, 0.3) is 0 Å². The van der Waals surface area contributed by atoms with Crippen LogP contribution in [0.1, 0.15) is 0 Å². The number of hydrogen-bond donors (Lipinski definition) is 0. The topological polar surface area (TPSA) is 15.6 Å². The fourth-order valence-corrected chi connectivity index (χ4v) is 0.868. The maximum Gasteiger partial charge on any atom is 0.0913 e. The third-order valence-corrected chi connectivity index (χ3v) is 1.35. The molecule has 2 nitrogen and oxygen atoms in total. The zero-order valence-electron chi connectivity index (χ0n) is 4.02. The van der Waals surface area contributed by atoms with Crippen LogP contribution in [0.5, 0.6) is 0 Å². The summed E-state index contributed by atoms with van der Waals surface area (Å²) in [6, 6.07) is 0. The van der Waals surface area contributed by atoms with Crippen molar-refractivity contribution in [3.63, 3.8) is 0 Å². The largest absolute Gasteiger partial charge is 0.236 e. The zero-order valence-corrected chi connectivity index (χ0v) is 5.65. The molecule has 0 fully saturated rings. The molecule has 42 valence electrons. The first-order valence-electron chi connectivity index (χ1n) is 2.02. The van der Waals surface area contributed by atoms with E-state index >= 15 is 0 Å². The first kappa shape index (κ1) is 5.78. The quantitative estimate of drug-likeness (QED) is 0.517. The van der Waals surface area contributed by atoms with E-state index in [-0.39, 0.29) is 0 Å². The van der Waals surface area contributed by atoms with Gasteiger partial charge in [-0.2, -0.15) is 5.10 Å². The average molecular weight is 144 g/mol. The van der Waals surface area contributed by atoms with Gasteiger partial charge in [0.1, 0.15) is 0 Å². The highest BCUT2D eigenvalue weighted by molar-refractivity contribution is 8.14. The second kappa shape index (κ2) is 2.84. The van der Waals surface area contributed by atoms with E-state index in [4.69, 9.17) is 0 Å². The Labute approximate surface area is 57.2 Å². The van der Waals surface area contributed by atoms with Crippen molar-refractivity contribution in [1.29, 1.82) is 0 Å². The summed E-state index contributed by atoms with van der Waals surface area (Å²) in [6.07, 6.45) is 1.80. The lowest BCUT2D eigenvalue weighted by atomic mass is 10.9. The molecule has 1 rings (SSSR count). The van der Waals surface area contributed by atoms with Gasteiger partial charge in [-0.05, 0) is 5.41 Å². The predicted molar refractivity (Wildman–Crippen MR) is 40.7 cm³/mol. The fraction of sp³-hybridized carbons (Fsp3) is 0. The van der Waals surface area contributed by atoms with Gasteiger partial charge in [0.15, 0.2) is 0 Å². The molecular weight excluding hydrogens is 140 g/mol. The number of hydrazone groups is 1. The van der Waals surface area contributed by atoms with Gasteiger partial charge < -0.3 is 0 Å². The zero-order chi connectivity index (χ0) is 5.82. The smallest absolute Gasteiger partial charge is 0.0913 e. The number of nitrogens with zero attached hydrogens (tertiary/aromatic N) is 2. The molecule has 1 aliphatic rings. The van der Waals surface area contributed by atoms with Gasteiger partial charge in [0.05, 0.1) is 11.0 Å². The molecule has 8 heavy (non-hydrogen) atoms. The lowest BCUT2D eigenvalue weighted by Gasteiger charge is -2.06. The predicted octanol–water partition coefficient (Wildman–Crippen LogP) is 1.41. The molecule has 1 aliphatic heterocycles. The Morgan fingerprint density at radius 1 is 1.75 bits per heavy atom. The molecule has 4 heteroatoms. The van der Waals surface area contributed by atoms with Gasteiger partial charge in [-0.1, -0.05) is 24.0 Å². The summed E-state index contributed by atoms with van der Waals surface area (Å²) in [7, 11) is 0. The number of hydrogen-bond acceptors (Lipinski definition) is 3. The molecule has 0 unspecified atom stereocenters. The first-order chi connectivity index (χ1) is 3.93. The maximum atomic E-state index is 4.60. The summed E-state index contributed by atoms with van der Waals surface area (Å²) < 4.78 is 0. The Balaban J connectivity index is 2.54. The van der Waals surface area contributed by atoms with E-state index in [0.29, 0.717) is 0 Å². The second-order valence-electron chi connectivity index (χ2n) is 1.13. The lowest BCUT2D eigenvalue weighted by molar-refractivity contribution is 0.636. The molecule has 0 aromatic rings. The highest BCUT2D eigenvalue weighted by Gasteiger charge is 1.89. The minimum absolute atomic E-state index is 1.48. The molecule has 0 bridgehead atoms. The Kier molecular flexibility index (Phi) is 2.05. The minimum atomic E-state index is 1.48. The normalized spacial score (nSPS) is 16.8. The van der Waals surface area contributed by atoms with Crippen molar-refractivity contribution >= 4 is 35.0 Å². The molecule has 0 saturated carbocycles. The molecule has 0 saturated heterocycles. The molecule has 0 N–H and O–H groups in total. The van der Waals surface area contributed by atoms with Crippen LogP contribution in [0.25, 0.3) is 0 Å². The first-order valence-corrected chi connectivity index (χ1v) is 3.43. The van der Waals surface area contributed by atoms with Crippen molar-refractivity contribution in [1.82, 2.24) is 5.01 Å². The van der Waals surface area contributed by atoms with E-state index in [1.807, 2.05) is 5.41 Å². The summed E-state index contributed by atoms with van der Waals surface area (Å²) in [4.78, 5) is 0. The van der Waals surface area contributed by atoms with E-state index < -0.39 is 0 Å². The van der Waals surface area contributed by atoms with Gasteiger partial charge in [-0.3, -0.25) is 0 Å². The fourth-order valence-electron chi connectivity index (χ4n) is 0.315. The van der Waals surface area contributed by atoms with Crippen LogP contribution < -0.4 is 0 Å². The van der Waals surface area contributed by atoms with Crippen LogP contribution >= 0.6 is 24.0 Å². The summed E-state index contributed by atoms with van der Waals surface area (Å²) >= 11 is 6.13. The standard InChI is InChI=1S/C4H4N2S2/c7-4-6-1-2-8-3-5-6/h1-4H. The van der Waals surface area contributed by atoms with Gasteiger partial charge >= 0.3 is 0 Å². The van der Waals surface area contributed by atoms with Crippen LogP contribution in [-0.2, 0) is 0 Å². The van der Waals surface area contributed by atoms with E-state index in [1.165, 1.54) is 17.3 Å². The molecule has 0 aliphatic carbocycles. The lowest BCUT2D eigenvalue weighted by Crippen LogP contribution is -2.05. The van der Waals surface area contributed by atoms with Gasteiger partial charge in [0, 0.05) is 6.20 Å². The summed E-state index contributed by atoms with van der Waals surface area (Å²) in [6.45, 7) is 0. The molecule has 0 spiro atoms. The molecule has 0 aromatic heterocycles. The SMILES string of the molecule is S=CN1C=CSC=N1. The minimum Gasteiger partial charge on any atom is -0.236 e. The van der Waals surface area contributed by atoms with E-state index in [2.05, 4.69) is 17.3 Å². The number of thiocarbonyl (C=S) groups is 1. The van der Waals surface area contributed by atoms with Crippen LogP contribution in [0.15, 0.2) is 16.7 Å². The van der Waals surface area contributed by atoms with Gasteiger partial charge in [-0.15, -0.1) is 0 Å². The Bertz CT molecular complexity index is 129. The van der Waals surface area contributed by atoms with Crippen molar-refractivity contribution < 1.29 is 0 Å². The van der Waals surface area contributed by atoms with Gasteiger partial charge in [0.2, 0.25) is 0 Å². The highest BCUT2D eigenvalue weighted by Crippen LogP contribution is 2.04. The van der Waals surface area contributed by atoms with Crippen molar-refractivity contribution in [2.45, 2.75) is 0 Å². The average Bonchev–Trinajstić information content (AvgIpc) is 1.90. The summed E-state index contributed by atoms with van der Waals surface area (Å²) in [5.41, 5.74) is 3.20. The number of rotatable bonds is 1. The van der Waals surface area contributed by atoms with Gasteiger partial charge in [-0.25, -0.2) is 5.01 Å².